The van der Waals surface area contributed by atoms with Crippen molar-refractivity contribution in [2.75, 3.05) is 32.8 Å². The molecule has 190 valence electrons. The van der Waals surface area contributed by atoms with E-state index in [1.807, 2.05) is 31.3 Å². The Morgan fingerprint density at radius 2 is 2.00 bits per heavy atom. The van der Waals surface area contributed by atoms with E-state index < -0.39 is 0 Å². The summed E-state index contributed by atoms with van der Waals surface area (Å²) in [7, 11) is 0. The van der Waals surface area contributed by atoms with Gasteiger partial charge in [-0.2, -0.15) is 0 Å². The lowest BCUT2D eigenvalue weighted by atomic mass is 9.82. The Hall–Kier alpha value is -3.26. The van der Waals surface area contributed by atoms with Crippen molar-refractivity contribution in [3.8, 4) is 0 Å². The summed E-state index contributed by atoms with van der Waals surface area (Å²) in [6.45, 7) is 9.69. The number of hydrogen-bond donors (Lipinski definition) is 0. The Bertz CT molecular complexity index is 1220. The van der Waals surface area contributed by atoms with Gasteiger partial charge < -0.3 is 14.5 Å². The van der Waals surface area contributed by atoms with Crippen molar-refractivity contribution in [2.45, 2.75) is 39.5 Å². The third-order valence-corrected chi connectivity index (χ3v) is 7.29. The monoisotopic (exact) mass is 509 g/mol. The van der Waals surface area contributed by atoms with Gasteiger partial charge in [0.25, 0.3) is 5.91 Å². The molecule has 1 saturated heterocycles. The van der Waals surface area contributed by atoms with Gasteiger partial charge in [-0.25, -0.2) is 9.79 Å². The van der Waals surface area contributed by atoms with Crippen LogP contribution in [0, 0.1) is 5.92 Å². The lowest BCUT2D eigenvalue weighted by molar-refractivity contribution is 0.0560. The Labute approximate surface area is 216 Å². The Morgan fingerprint density at radius 1 is 1.25 bits per heavy atom. The average Bonchev–Trinajstić information content (AvgIpc) is 2.91. The fraction of sp³-hybridized carbons (Fsp3) is 0.444. The highest BCUT2D eigenvalue weighted by atomic mass is 35.5. The summed E-state index contributed by atoms with van der Waals surface area (Å²) in [5, 5.41) is 1.59. The molecular formula is C27H32ClN5O3. The molecule has 2 aromatic rings. The number of fused-ring (bicyclic) bond motifs is 2. The lowest BCUT2D eigenvalue weighted by Gasteiger charge is -2.34. The van der Waals surface area contributed by atoms with Crippen LogP contribution in [0.3, 0.4) is 0 Å². The zero-order valence-corrected chi connectivity index (χ0v) is 21.6. The van der Waals surface area contributed by atoms with Crippen molar-refractivity contribution in [2.24, 2.45) is 15.9 Å². The van der Waals surface area contributed by atoms with Crippen molar-refractivity contribution in [1.29, 1.82) is 0 Å². The van der Waals surface area contributed by atoms with Gasteiger partial charge in [-0.3, -0.25) is 14.8 Å². The van der Waals surface area contributed by atoms with Crippen molar-refractivity contribution in [3.63, 3.8) is 0 Å². The fourth-order valence-corrected chi connectivity index (χ4v) is 5.13. The van der Waals surface area contributed by atoms with Crippen LogP contribution < -0.4 is 0 Å². The van der Waals surface area contributed by atoms with Gasteiger partial charge in [0.1, 0.15) is 6.34 Å². The molecule has 0 radical (unpaired) electrons. The number of ether oxygens (including phenoxy) is 1. The molecule has 1 atom stereocenters. The number of amides is 2. The molecule has 0 bridgehead atoms. The highest BCUT2D eigenvalue weighted by Crippen LogP contribution is 2.37. The van der Waals surface area contributed by atoms with Crippen LogP contribution >= 0.6 is 11.6 Å². The van der Waals surface area contributed by atoms with E-state index >= 15 is 0 Å². The van der Waals surface area contributed by atoms with E-state index in [-0.39, 0.29) is 12.0 Å². The second-order valence-corrected chi connectivity index (χ2v) is 9.61. The average molecular weight is 510 g/mol. The minimum Gasteiger partial charge on any atom is -0.449 e. The number of carbonyl (C=O) groups excluding carboxylic acids is 2. The molecule has 1 aromatic heterocycles. The summed E-state index contributed by atoms with van der Waals surface area (Å²) in [5.74, 6) is 0.255. The van der Waals surface area contributed by atoms with Crippen LogP contribution in [0.25, 0.3) is 10.9 Å². The Balaban J connectivity index is 1.50. The first-order valence-corrected chi connectivity index (χ1v) is 12.8. The Kier molecular flexibility index (Phi) is 8.36. The quantitative estimate of drug-likeness (QED) is 0.408. The molecule has 1 aliphatic carbocycles. The third-order valence-electron chi connectivity index (χ3n) is 6.86. The van der Waals surface area contributed by atoms with Gasteiger partial charge >= 0.3 is 6.09 Å². The van der Waals surface area contributed by atoms with Gasteiger partial charge in [0, 0.05) is 49.0 Å². The molecule has 0 saturated carbocycles. The SMILES string of the molecule is C=NC=N/C=C(\C)C1CCc2c(nc3cc(C(=O)N4CCN(C(=O)OCCC)CC4)ccc3c2Cl)C1. The summed E-state index contributed by atoms with van der Waals surface area (Å²) >= 11 is 6.81. The lowest BCUT2D eigenvalue weighted by Crippen LogP contribution is -2.50. The number of nitrogens with zero attached hydrogens (tertiary/aromatic N) is 5. The van der Waals surface area contributed by atoms with E-state index in [1.165, 1.54) is 11.9 Å². The standard InChI is InChI=1S/C27H32ClN5O3/c1-4-13-36-27(35)33-11-9-32(10-12-33)26(34)20-6-8-22-24(15-20)31-23-14-19(5-7-21(23)25(22)28)18(2)16-30-17-29-3/h6,8,15-17,19H,3-5,7,9-14H2,1-2H3/b18-16+,30-17?. The molecule has 8 nitrogen and oxygen atoms in total. The third kappa shape index (κ3) is 5.59. The number of allylic oxidation sites excluding steroid dienone is 1. The maximum absolute atomic E-state index is 13.2. The molecule has 1 fully saturated rings. The molecule has 1 aliphatic heterocycles. The van der Waals surface area contributed by atoms with Crippen molar-refractivity contribution < 1.29 is 14.3 Å². The van der Waals surface area contributed by atoms with Crippen molar-refractivity contribution in [3.05, 3.63) is 51.8 Å². The summed E-state index contributed by atoms with van der Waals surface area (Å²) in [4.78, 5) is 41.5. The topological polar surface area (TPSA) is 87.5 Å². The van der Waals surface area contributed by atoms with Crippen LogP contribution in [0.5, 0.6) is 0 Å². The first-order chi connectivity index (χ1) is 17.4. The van der Waals surface area contributed by atoms with E-state index in [4.69, 9.17) is 21.3 Å². The van der Waals surface area contributed by atoms with Crippen LogP contribution in [0.4, 0.5) is 4.79 Å². The number of piperazine rings is 1. The van der Waals surface area contributed by atoms with Gasteiger partial charge in [0.05, 0.1) is 17.1 Å². The normalized spacial score (nSPS) is 18.4. The molecule has 2 aliphatic rings. The second-order valence-electron chi connectivity index (χ2n) is 9.24. The molecule has 4 rings (SSSR count). The first kappa shape index (κ1) is 25.8. The van der Waals surface area contributed by atoms with E-state index in [2.05, 4.69) is 23.6 Å². The van der Waals surface area contributed by atoms with Gasteiger partial charge in [-0.15, -0.1) is 0 Å². The second kappa shape index (κ2) is 11.6. The van der Waals surface area contributed by atoms with E-state index in [1.54, 1.807) is 9.80 Å². The van der Waals surface area contributed by atoms with Crippen LogP contribution in [-0.4, -0.2) is 72.6 Å². The molecule has 36 heavy (non-hydrogen) atoms. The number of hydrogen-bond acceptors (Lipinski definition) is 5. The van der Waals surface area contributed by atoms with Crippen LogP contribution in [0.15, 0.2) is 40.0 Å². The van der Waals surface area contributed by atoms with Crippen LogP contribution in [0.1, 0.15) is 48.3 Å². The first-order valence-electron chi connectivity index (χ1n) is 12.4. The number of aliphatic imine (C=N–C) groups is 2. The molecule has 0 spiro atoms. The molecule has 2 heterocycles. The summed E-state index contributed by atoms with van der Waals surface area (Å²) in [5.41, 5.74) is 4.53. The minimum absolute atomic E-state index is 0.0699. The number of carbonyl (C=O) groups is 2. The Morgan fingerprint density at radius 3 is 2.72 bits per heavy atom. The van der Waals surface area contributed by atoms with Crippen molar-refractivity contribution >= 4 is 47.6 Å². The minimum atomic E-state index is -0.314. The number of aromatic nitrogens is 1. The van der Waals surface area contributed by atoms with E-state index in [9.17, 15) is 9.59 Å². The predicted octanol–water partition coefficient (Wildman–Crippen LogP) is 4.93. The smallest absolute Gasteiger partial charge is 0.409 e. The fourth-order valence-electron chi connectivity index (χ4n) is 4.77. The molecule has 1 aromatic carbocycles. The van der Waals surface area contributed by atoms with Gasteiger partial charge in [-0.1, -0.05) is 30.2 Å². The molecule has 1 unspecified atom stereocenters. The maximum atomic E-state index is 13.2. The van der Waals surface area contributed by atoms with E-state index in [0.717, 1.165) is 52.9 Å². The van der Waals surface area contributed by atoms with Crippen LogP contribution in [0.2, 0.25) is 5.02 Å². The van der Waals surface area contributed by atoms with Crippen LogP contribution in [-0.2, 0) is 17.6 Å². The molecule has 2 amide bonds. The van der Waals surface area contributed by atoms with E-state index in [0.29, 0.717) is 44.3 Å². The highest BCUT2D eigenvalue weighted by molar-refractivity contribution is 6.36. The summed E-state index contributed by atoms with van der Waals surface area (Å²) in [6, 6.07) is 5.54. The summed E-state index contributed by atoms with van der Waals surface area (Å²) < 4.78 is 5.21. The molecule has 9 heteroatoms. The highest BCUT2D eigenvalue weighted by Gasteiger charge is 2.27. The number of benzene rings is 1. The number of halogens is 1. The predicted molar refractivity (Wildman–Crippen MR) is 143 cm³/mol. The van der Waals surface area contributed by atoms with Gasteiger partial charge in [-0.05, 0) is 62.9 Å². The number of pyridine rings is 1. The molecule has 0 N–H and O–H groups in total. The van der Waals surface area contributed by atoms with Gasteiger partial charge in [0.15, 0.2) is 0 Å². The zero-order valence-electron chi connectivity index (χ0n) is 20.9. The molecular weight excluding hydrogens is 478 g/mol. The zero-order chi connectivity index (χ0) is 25.7. The van der Waals surface area contributed by atoms with Crippen molar-refractivity contribution in [1.82, 2.24) is 14.8 Å². The maximum Gasteiger partial charge on any atom is 0.409 e. The largest absolute Gasteiger partial charge is 0.449 e. The van der Waals surface area contributed by atoms with Gasteiger partial charge in [0.2, 0.25) is 0 Å². The summed E-state index contributed by atoms with van der Waals surface area (Å²) in [6.07, 6.45) is 6.33. The number of rotatable bonds is 6.